The highest BCUT2D eigenvalue weighted by molar-refractivity contribution is 7.78. The van der Waals surface area contributed by atoms with Crippen molar-refractivity contribution in [1.29, 1.82) is 0 Å². The zero-order chi connectivity index (χ0) is 15.9. The normalized spacial score (nSPS) is 11.7. The molecule has 114 valence electrons. The van der Waals surface area contributed by atoms with Gasteiger partial charge in [0.1, 0.15) is 6.61 Å². The van der Waals surface area contributed by atoms with Crippen molar-refractivity contribution in [2.45, 2.75) is 58.5 Å². The molecular formula is C16H28NO2P. The molecule has 0 bridgehead atoms. The van der Waals surface area contributed by atoms with Crippen molar-refractivity contribution in [3.63, 3.8) is 0 Å². The lowest BCUT2D eigenvalue weighted by Crippen LogP contribution is -2.28. The third-order valence-electron chi connectivity index (χ3n) is 4.03. The first-order valence-corrected chi connectivity index (χ1v) is 9.33. The Morgan fingerprint density at radius 2 is 1.65 bits per heavy atom. The molecule has 0 atom stereocenters. The molecule has 0 aliphatic heterocycles. The number of hydrogen-bond acceptors (Lipinski definition) is 2. The van der Waals surface area contributed by atoms with Crippen molar-refractivity contribution in [1.82, 2.24) is 0 Å². The molecule has 0 aromatic carbocycles. The van der Waals surface area contributed by atoms with Gasteiger partial charge in [0, 0.05) is 7.26 Å². The van der Waals surface area contributed by atoms with E-state index in [1.54, 1.807) is 0 Å². The van der Waals surface area contributed by atoms with Crippen molar-refractivity contribution >= 4 is 19.1 Å². The minimum absolute atomic E-state index is 0.153. The summed E-state index contributed by atoms with van der Waals surface area (Å²) < 4.78 is 5.03. The molecule has 20 heavy (non-hydrogen) atoms. The molecule has 0 radical (unpaired) electrons. The number of hydrogen-bond donors (Lipinski definition) is 0. The average Bonchev–Trinajstić information content (AvgIpc) is 2.35. The average molecular weight is 297 g/mol. The van der Waals surface area contributed by atoms with Crippen LogP contribution in [0.4, 0.5) is 0 Å². The standard InChI is InChI=1S/C16H28NO2P/c1-8-9-19-16(18)15(10-17)11-20(12(2)3,13(4)5)14(6)7/h8,12-14H,1,9,11H2,2-7H3. The molecule has 0 aliphatic rings. The molecule has 0 amide bonds. The van der Waals surface area contributed by atoms with Crippen molar-refractivity contribution in [2.75, 3.05) is 12.8 Å². The first-order valence-electron chi connectivity index (χ1n) is 7.15. The van der Waals surface area contributed by atoms with Crippen LogP contribution in [0.15, 0.2) is 18.2 Å². The summed E-state index contributed by atoms with van der Waals surface area (Å²) >= 11 is 0. The van der Waals surface area contributed by atoms with Crippen LogP contribution in [0.25, 0.3) is 5.41 Å². The molecule has 0 heterocycles. The second-order valence-corrected chi connectivity index (χ2v) is 11.3. The van der Waals surface area contributed by atoms with E-state index < -0.39 is 13.2 Å². The van der Waals surface area contributed by atoms with E-state index in [-0.39, 0.29) is 12.2 Å². The van der Waals surface area contributed by atoms with Crippen molar-refractivity contribution in [2.24, 2.45) is 0 Å². The van der Waals surface area contributed by atoms with Crippen molar-refractivity contribution < 1.29 is 9.53 Å². The molecular weight excluding hydrogens is 269 g/mol. The Balaban J connectivity index is 5.39. The highest BCUT2D eigenvalue weighted by Gasteiger charge is 2.48. The van der Waals surface area contributed by atoms with Crippen molar-refractivity contribution in [3.05, 3.63) is 23.6 Å². The summed E-state index contributed by atoms with van der Waals surface area (Å²) in [5.74, 6) is 1.58. The smallest absolute Gasteiger partial charge is 0.344 e. The number of ether oxygens (including phenoxy) is 1. The summed E-state index contributed by atoms with van der Waals surface area (Å²) in [6, 6.07) is 0. The van der Waals surface area contributed by atoms with Gasteiger partial charge in [0.15, 0.2) is 0 Å². The maximum Gasteiger partial charge on any atom is 0.344 e. The lowest BCUT2D eigenvalue weighted by molar-refractivity contribution is -0.137. The van der Waals surface area contributed by atoms with E-state index in [0.717, 1.165) is 0 Å². The molecule has 0 aromatic rings. The van der Waals surface area contributed by atoms with E-state index >= 15 is 0 Å². The summed E-state index contributed by atoms with van der Waals surface area (Å²) in [4.78, 5) is 12.0. The van der Waals surface area contributed by atoms with Gasteiger partial charge in [-0.3, -0.25) is 5.87 Å². The number of rotatable bonds is 8. The summed E-state index contributed by atoms with van der Waals surface area (Å²) in [7, 11) is -1.46. The minimum atomic E-state index is -1.46. The maximum absolute atomic E-state index is 12.0. The molecule has 0 N–H and O–H groups in total. The van der Waals surface area contributed by atoms with Gasteiger partial charge in [0.05, 0.1) is 28.7 Å². The van der Waals surface area contributed by atoms with Crippen LogP contribution in [0, 0.1) is 0 Å². The zero-order valence-corrected chi connectivity index (χ0v) is 14.5. The molecule has 0 rings (SSSR count). The monoisotopic (exact) mass is 297 g/mol. The van der Waals surface area contributed by atoms with Gasteiger partial charge in [0.25, 0.3) is 0 Å². The fourth-order valence-corrected chi connectivity index (χ4v) is 8.40. The van der Waals surface area contributed by atoms with Gasteiger partial charge < -0.3 is 10.1 Å². The lowest BCUT2D eigenvalue weighted by atomic mass is 10.3. The van der Waals surface area contributed by atoms with Crippen LogP contribution in [-0.2, 0) is 9.53 Å². The largest absolute Gasteiger partial charge is 0.763 e. The Morgan fingerprint density at radius 3 is 1.95 bits per heavy atom. The summed E-state index contributed by atoms with van der Waals surface area (Å²) in [5.41, 5.74) is 1.71. The molecule has 0 aliphatic carbocycles. The van der Waals surface area contributed by atoms with Gasteiger partial charge in [-0.05, 0) is 41.5 Å². The molecule has 0 spiro atoms. The zero-order valence-electron chi connectivity index (χ0n) is 13.6. The third kappa shape index (κ3) is 4.30. The van der Waals surface area contributed by atoms with Gasteiger partial charge >= 0.3 is 5.97 Å². The molecule has 0 aromatic heterocycles. The lowest BCUT2D eigenvalue weighted by Gasteiger charge is -2.38. The van der Waals surface area contributed by atoms with Gasteiger partial charge in [0.2, 0.25) is 0 Å². The van der Waals surface area contributed by atoms with E-state index in [1.807, 2.05) is 0 Å². The molecule has 0 saturated heterocycles. The molecule has 0 saturated carbocycles. The SMILES string of the molecule is C=CCOC(=O)C(=C=[N-])C[P+](C(C)C)(C(C)C)C(C)C. The van der Waals surface area contributed by atoms with Crippen LogP contribution in [0.2, 0.25) is 0 Å². The number of nitrogens with zero attached hydrogens (tertiary/aromatic N) is 1. The highest BCUT2D eigenvalue weighted by atomic mass is 31.2. The first kappa shape index (κ1) is 19.1. The summed E-state index contributed by atoms with van der Waals surface area (Å²) in [5, 5.41) is 9.31. The Kier molecular flexibility index (Phi) is 8.01. The van der Waals surface area contributed by atoms with Gasteiger partial charge in [-0.15, -0.1) is 0 Å². The Hall–Kier alpha value is -0.910. The van der Waals surface area contributed by atoms with Crippen LogP contribution < -0.4 is 0 Å². The Labute approximate surface area is 124 Å². The van der Waals surface area contributed by atoms with Crippen molar-refractivity contribution in [3.8, 4) is 0 Å². The molecule has 0 fully saturated rings. The number of carbonyl (C=O) groups excluding carboxylic acids is 1. The maximum atomic E-state index is 12.0. The molecule has 4 heteroatoms. The van der Waals surface area contributed by atoms with E-state index in [2.05, 4.69) is 54.0 Å². The predicted molar refractivity (Wildman–Crippen MR) is 90.2 cm³/mol. The molecule has 0 unspecified atom stereocenters. The van der Waals surface area contributed by atoms with Crippen LogP contribution in [-0.4, -0.2) is 41.6 Å². The highest BCUT2D eigenvalue weighted by Crippen LogP contribution is 2.70. The van der Waals surface area contributed by atoms with E-state index in [1.165, 1.54) is 6.08 Å². The van der Waals surface area contributed by atoms with E-state index in [9.17, 15) is 10.2 Å². The number of esters is 1. The van der Waals surface area contributed by atoms with Crippen LogP contribution >= 0.6 is 7.26 Å². The van der Waals surface area contributed by atoms with Crippen LogP contribution in [0.1, 0.15) is 41.5 Å². The van der Waals surface area contributed by atoms with Crippen LogP contribution in [0.5, 0.6) is 0 Å². The predicted octanol–water partition coefficient (Wildman–Crippen LogP) is 4.12. The van der Waals surface area contributed by atoms with E-state index in [0.29, 0.717) is 23.1 Å². The van der Waals surface area contributed by atoms with E-state index in [4.69, 9.17) is 4.74 Å². The fraction of sp³-hybridized carbons (Fsp3) is 0.688. The summed E-state index contributed by atoms with van der Waals surface area (Å²) in [6.45, 7) is 16.9. The van der Waals surface area contributed by atoms with Crippen LogP contribution in [0.3, 0.4) is 0 Å². The van der Waals surface area contributed by atoms with Gasteiger partial charge in [-0.25, -0.2) is 4.79 Å². The third-order valence-corrected chi connectivity index (χ3v) is 10.7. The van der Waals surface area contributed by atoms with Gasteiger partial charge in [-0.1, -0.05) is 12.7 Å². The Bertz CT molecular complexity index is 372. The quantitative estimate of drug-likeness (QED) is 0.222. The second-order valence-electron chi connectivity index (χ2n) is 5.91. The molecule has 3 nitrogen and oxygen atoms in total. The Morgan fingerprint density at radius 1 is 1.20 bits per heavy atom. The number of carbonyl (C=O) groups is 1. The fourth-order valence-electron chi connectivity index (χ4n) is 2.98. The first-order chi connectivity index (χ1) is 9.23. The topological polar surface area (TPSA) is 48.6 Å². The summed E-state index contributed by atoms with van der Waals surface area (Å²) in [6.07, 6.45) is 2.09. The van der Waals surface area contributed by atoms with Gasteiger partial charge in [-0.2, -0.15) is 0 Å². The minimum Gasteiger partial charge on any atom is -0.763 e. The second kappa shape index (κ2) is 8.39.